The number of likely N-dealkylation sites (tertiary alicyclic amines) is 1. The highest BCUT2D eigenvalue weighted by Gasteiger charge is 2.61. The number of rotatable bonds is 15. The summed E-state index contributed by atoms with van der Waals surface area (Å²) in [4.78, 5) is 56.5. The minimum atomic E-state index is -1.33. The number of carboxylic acid groups (broad SMARTS) is 1. The van der Waals surface area contributed by atoms with Crippen LogP contribution in [0.3, 0.4) is 0 Å². The highest BCUT2D eigenvalue weighted by Crippen LogP contribution is 2.57. The van der Waals surface area contributed by atoms with Crippen molar-refractivity contribution in [2.75, 3.05) is 54.5 Å². The minimum Gasteiger partial charge on any atom is -0.493 e. The summed E-state index contributed by atoms with van der Waals surface area (Å²) < 4.78 is 17.4. The van der Waals surface area contributed by atoms with Crippen LogP contribution in [-0.4, -0.2) is 122 Å². The van der Waals surface area contributed by atoms with E-state index in [1.165, 1.54) is 11.9 Å². The number of carboxylic acids is 1. The number of nitrogens with zero attached hydrogens (tertiary/aromatic N) is 3. The number of aliphatic imine (C=N–C) groups is 1. The number of fused-ring (bicyclic) bond motifs is 1. The lowest BCUT2D eigenvalue weighted by Crippen LogP contribution is -2.68. The Kier molecular flexibility index (Phi) is 13.2. The summed E-state index contributed by atoms with van der Waals surface area (Å²) in [6.45, 7) is 4.96. The van der Waals surface area contributed by atoms with Gasteiger partial charge in [-0.05, 0) is 64.4 Å². The number of aryl methyl sites for hydroxylation is 1. The molecule has 1 aromatic carbocycles. The zero-order valence-electron chi connectivity index (χ0n) is 29.2. The first-order chi connectivity index (χ1) is 23.1. The zero-order valence-corrected chi connectivity index (χ0v) is 29.2. The second-order valence-electron chi connectivity index (χ2n) is 12.7. The van der Waals surface area contributed by atoms with Gasteiger partial charge in [0.2, 0.25) is 11.8 Å². The van der Waals surface area contributed by atoms with E-state index in [-0.39, 0.29) is 50.9 Å². The summed E-state index contributed by atoms with van der Waals surface area (Å²) in [5.74, 6) is -1.33. The molecule has 1 heterocycles. The third kappa shape index (κ3) is 8.92. The maximum atomic E-state index is 13.3. The molecule has 0 spiro atoms. The summed E-state index contributed by atoms with van der Waals surface area (Å²) >= 11 is 0. The second-order valence-corrected chi connectivity index (χ2v) is 12.7. The van der Waals surface area contributed by atoms with E-state index >= 15 is 0 Å². The van der Waals surface area contributed by atoms with Crippen molar-refractivity contribution >= 4 is 29.8 Å². The topological polar surface area (TPSA) is 231 Å². The van der Waals surface area contributed by atoms with Gasteiger partial charge in [-0.3, -0.25) is 19.4 Å². The van der Waals surface area contributed by atoms with Gasteiger partial charge in [-0.25, -0.2) is 4.79 Å². The first kappa shape index (κ1) is 38.9. The summed E-state index contributed by atoms with van der Waals surface area (Å²) in [5.41, 5.74) is 10.3. The number of aliphatic carboxylic acids is 1. The number of amides is 3. The number of benzene rings is 1. The maximum absolute atomic E-state index is 13.3. The number of piperidine rings is 1. The minimum absolute atomic E-state index is 0.0242. The van der Waals surface area contributed by atoms with E-state index in [0.29, 0.717) is 36.6 Å². The quantitative estimate of drug-likeness (QED) is 0.0643. The van der Waals surface area contributed by atoms with E-state index in [9.17, 15) is 24.3 Å². The fourth-order valence-corrected chi connectivity index (χ4v) is 6.82. The molecule has 16 nitrogen and oxygen atoms in total. The van der Waals surface area contributed by atoms with Crippen LogP contribution >= 0.6 is 0 Å². The van der Waals surface area contributed by atoms with Gasteiger partial charge in [0, 0.05) is 56.5 Å². The molecule has 3 unspecified atom stereocenters. The monoisotopic (exact) mass is 689 g/mol. The summed E-state index contributed by atoms with van der Waals surface area (Å²) in [6, 6.07) is 2.51. The number of methoxy groups -OCH3 is 2. The number of hydrogen-bond acceptors (Lipinski definition) is 10. The van der Waals surface area contributed by atoms with Crippen molar-refractivity contribution in [2.24, 2.45) is 16.5 Å². The molecular weight excluding hydrogens is 638 g/mol. The highest BCUT2D eigenvalue weighted by atomic mass is 16.6. The Labute approximate surface area is 286 Å². The number of nitrogens with two attached hydrogens (primary N) is 2. The largest absolute Gasteiger partial charge is 0.493 e. The van der Waals surface area contributed by atoms with Gasteiger partial charge in [0.25, 0.3) is 0 Å². The molecular formula is C33H51N7O9. The van der Waals surface area contributed by atoms with E-state index in [2.05, 4.69) is 20.5 Å². The fraction of sp³-hybridized carbons (Fsp3) is 0.606. The third-order valence-electron chi connectivity index (χ3n) is 9.61. The van der Waals surface area contributed by atoms with E-state index in [0.717, 1.165) is 11.1 Å². The Morgan fingerprint density at radius 2 is 1.92 bits per heavy atom. The third-order valence-corrected chi connectivity index (χ3v) is 9.61. The van der Waals surface area contributed by atoms with E-state index in [1.54, 1.807) is 20.3 Å². The molecule has 1 fully saturated rings. The lowest BCUT2D eigenvalue weighted by Gasteiger charge is -2.59. The van der Waals surface area contributed by atoms with Gasteiger partial charge in [-0.15, -0.1) is 0 Å². The number of hydrogen-bond donors (Lipinski definition) is 6. The highest BCUT2D eigenvalue weighted by molar-refractivity contribution is 5.96. The van der Waals surface area contributed by atoms with Gasteiger partial charge in [-0.1, -0.05) is 6.07 Å². The van der Waals surface area contributed by atoms with Gasteiger partial charge in [0.1, 0.15) is 18.2 Å². The molecule has 3 rings (SSSR count). The second kappa shape index (κ2) is 16.7. The van der Waals surface area contributed by atoms with Crippen molar-refractivity contribution in [2.45, 2.75) is 75.5 Å². The van der Waals surface area contributed by atoms with Crippen LogP contribution in [0.25, 0.3) is 0 Å². The molecule has 1 aliphatic carbocycles. The molecule has 0 saturated carbocycles. The average molecular weight is 690 g/mol. The molecule has 0 bridgehead atoms. The van der Waals surface area contributed by atoms with Crippen molar-refractivity contribution in [3.05, 3.63) is 35.1 Å². The normalized spacial score (nSPS) is 22.4. The lowest BCUT2D eigenvalue weighted by molar-refractivity contribution is -0.141. The van der Waals surface area contributed by atoms with Crippen LogP contribution in [0.2, 0.25) is 0 Å². The number of carbonyl (C=O) groups excluding carboxylic acids is 3. The lowest BCUT2D eigenvalue weighted by atomic mass is 9.54. The van der Waals surface area contributed by atoms with E-state index in [4.69, 9.17) is 30.8 Å². The standard InChI is InChI=1S/C33H51N7O9/c1-20-9-10-24(47-5)28(48-6)27(20)32-13-16-39(3)21(2)33(32,46)12-11-22(19-32)49-31(45)40(4)17-15-36-29(44)23(8-7-14-37-30(34)35)38-25(41)18-26(42)43/h9-11,21,23,46H,7-8,12-19H2,1-6H3,(H,36,44)(H,38,41)(H,42,43)(H4,34,35,37)/t21?,23?,32-,33?/m1/s1. The van der Waals surface area contributed by atoms with Crippen LogP contribution in [0.15, 0.2) is 29.0 Å². The molecule has 3 amide bonds. The Bertz CT molecular complexity index is 1450. The molecule has 272 valence electrons. The van der Waals surface area contributed by atoms with Crippen molar-refractivity contribution < 1.29 is 43.6 Å². The first-order valence-corrected chi connectivity index (χ1v) is 16.2. The molecule has 0 radical (unpaired) electrons. The molecule has 0 aromatic heterocycles. The van der Waals surface area contributed by atoms with Crippen LogP contribution in [-0.2, 0) is 24.5 Å². The van der Waals surface area contributed by atoms with Gasteiger partial charge in [0.05, 0.1) is 19.8 Å². The van der Waals surface area contributed by atoms with Crippen molar-refractivity contribution in [1.82, 2.24) is 20.4 Å². The van der Waals surface area contributed by atoms with Gasteiger partial charge >= 0.3 is 12.1 Å². The van der Waals surface area contributed by atoms with Crippen LogP contribution < -0.4 is 31.6 Å². The van der Waals surface area contributed by atoms with Crippen LogP contribution in [0.5, 0.6) is 11.5 Å². The Morgan fingerprint density at radius 3 is 2.55 bits per heavy atom. The smallest absolute Gasteiger partial charge is 0.414 e. The number of carbonyl (C=O) groups is 4. The summed E-state index contributed by atoms with van der Waals surface area (Å²) in [6.07, 6.45) is 1.86. The Hall–Kier alpha value is -4.57. The van der Waals surface area contributed by atoms with E-state index in [1.807, 2.05) is 33.0 Å². The molecule has 16 heteroatoms. The molecule has 8 N–H and O–H groups in total. The van der Waals surface area contributed by atoms with E-state index < -0.39 is 47.4 Å². The first-order valence-electron chi connectivity index (χ1n) is 16.2. The summed E-state index contributed by atoms with van der Waals surface area (Å²) in [5, 5.41) is 26.5. The maximum Gasteiger partial charge on any atom is 0.414 e. The predicted molar refractivity (Wildman–Crippen MR) is 181 cm³/mol. The van der Waals surface area contributed by atoms with Crippen molar-refractivity contribution in [3.8, 4) is 11.5 Å². The molecule has 1 saturated heterocycles. The van der Waals surface area contributed by atoms with Crippen LogP contribution in [0, 0.1) is 6.92 Å². The number of aliphatic hydroxyl groups is 1. The molecule has 49 heavy (non-hydrogen) atoms. The number of ether oxygens (including phenoxy) is 3. The molecule has 2 aliphatic rings. The SMILES string of the molecule is COc1ccc(C)c([C@]23CCN(C)C(C)C2(O)CC=C(OC(=O)N(C)CCNC(=O)C(CCCN=C(N)N)NC(=O)CC(=O)O)C3)c1OC. The molecule has 1 aromatic rings. The average Bonchev–Trinajstić information content (AvgIpc) is 3.04. The van der Waals surface area contributed by atoms with Gasteiger partial charge in [0.15, 0.2) is 17.5 Å². The molecule has 4 atom stereocenters. The van der Waals surface area contributed by atoms with Crippen LogP contribution in [0.1, 0.15) is 56.6 Å². The number of nitrogens with one attached hydrogen (secondary N) is 2. The predicted octanol–water partition coefficient (Wildman–Crippen LogP) is 0.581. The Balaban J connectivity index is 1.73. The van der Waals surface area contributed by atoms with Gasteiger partial charge in [-0.2, -0.15) is 0 Å². The summed E-state index contributed by atoms with van der Waals surface area (Å²) in [7, 11) is 6.64. The van der Waals surface area contributed by atoms with Crippen molar-refractivity contribution in [3.63, 3.8) is 0 Å². The number of allylic oxidation sites excluding steroid dienone is 1. The number of guanidine groups is 1. The zero-order chi connectivity index (χ0) is 36.5. The van der Waals surface area contributed by atoms with Crippen molar-refractivity contribution in [1.29, 1.82) is 0 Å². The number of likely N-dealkylation sites (N-methyl/N-ethyl adjacent to an activating group) is 2. The fourth-order valence-electron chi connectivity index (χ4n) is 6.82. The Morgan fingerprint density at radius 1 is 1.20 bits per heavy atom. The van der Waals surface area contributed by atoms with Crippen LogP contribution in [0.4, 0.5) is 4.79 Å². The molecule has 1 aliphatic heterocycles. The van der Waals surface area contributed by atoms with Gasteiger partial charge < -0.3 is 56.3 Å².